The first-order chi connectivity index (χ1) is 8.65. The third kappa shape index (κ3) is 4.89. The number of rotatable bonds is 7. The molecule has 0 spiro atoms. The summed E-state index contributed by atoms with van der Waals surface area (Å²) >= 11 is 3.28. The Labute approximate surface area is 115 Å². The van der Waals surface area contributed by atoms with E-state index in [9.17, 15) is 4.79 Å². The topological polar surface area (TPSA) is 64.3 Å². The normalized spacial score (nSPS) is 10.1. The lowest BCUT2D eigenvalue weighted by Gasteiger charge is -2.07. The highest BCUT2D eigenvalue weighted by molar-refractivity contribution is 9.10. The molecule has 0 aliphatic heterocycles. The fourth-order valence-corrected chi connectivity index (χ4v) is 1.54. The van der Waals surface area contributed by atoms with E-state index in [4.69, 9.17) is 10.5 Å². The second-order valence-corrected chi connectivity index (χ2v) is 4.54. The summed E-state index contributed by atoms with van der Waals surface area (Å²) in [6.07, 6.45) is 2.61. The summed E-state index contributed by atoms with van der Waals surface area (Å²) in [4.78, 5) is 11.7. The van der Waals surface area contributed by atoms with Crippen LogP contribution in [0.15, 0.2) is 35.3 Å². The van der Waals surface area contributed by atoms with Gasteiger partial charge in [0, 0.05) is 22.3 Å². The van der Waals surface area contributed by atoms with Gasteiger partial charge >= 0.3 is 0 Å². The first-order valence-corrected chi connectivity index (χ1v) is 6.46. The van der Waals surface area contributed by atoms with Crippen LogP contribution in [-0.4, -0.2) is 25.7 Å². The van der Waals surface area contributed by atoms with Crippen LogP contribution in [0, 0.1) is 0 Å². The van der Waals surface area contributed by atoms with E-state index in [1.54, 1.807) is 24.3 Å². The SMILES string of the molecule is C=CCCOCCNC(=O)c1ccc(Br)c(N)c1. The molecule has 0 aromatic heterocycles. The van der Waals surface area contributed by atoms with Crippen LogP contribution >= 0.6 is 15.9 Å². The lowest BCUT2D eigenvalue weighted by Crippen LogP contribution is -2.27. The first kappa shape index (κ1) is 14.7. The summed E-state index contributed by atoms with van der Waals surface area (Å²) in [5.41, 5.74) is 6.80. The maximum Gasteiger partial charge on any atom is 0.251 e. The van der Waals surface area contributed by atoms with Gasteiger partial charge in [-0.05, 0) is 40.5 Å². The Morgan fingerprint density at radius 2 is 2.28 bits per heavy atom. The van der Waals surface area contributed by atoms with Crippen LogP contribution in [-0.2, 0) is 4.74 Å². The van der Waals surface area contributed by atoms with Crippen LogP contribution in [0.25, 0.3) is 0 Å². The third-order valence-corrected chi connectivity index (χ3v) is 2.98. The summed E-state index contributed by atoms with van der Waals surface area (Å²) in [6.45, 7) is 5.20. The Bertz CT molecular complexity index is 421. The van der Waals surface area contributed by atoms with Gasteiger partial charge in [0.05, 0.1) is 13.2 Å². The number of hydrogen-bond donors (Lipinski definition) is 2. The van der Waals surface area contributed by atoms with Crippen LogP contribution < -0.4 is 11.1 Å². The van der Waals surface area contributed by atoms with Gasteiger partial charge in [-0.2, -0.15) is 0 Å². The lowest BCUT2D eigenvalue weighted by molar-refractivity contribution is 0.0918. The van der Waals surface area contributed by atoms with Crippen LogP contribution in [0.5, 0.6) is 0 Å². The first-order valence-electron chi connectivity index (χ1n) is 5.67. The van der Waals surface area contributed by atoms with E-state index in [2.05, 4.69) is 27.8 Å². The van der Waals surface area contributed by atoms with Crippen molar-refractivity contribution in [2.24, 2.45) is 0 Å². The Hall–Kier alpha value is -1.33. The fourth-order valence-electron chi connectivity index (χ4n) is 1.29. The molecule has 3 N–H and O–H groups in total. The van der Waals surface area contributed by atoms with Crippen LogP contribution in [0.2, 0.25) is 0 Å². The van der Waals surface area contributed by atoms with Crippen molar-refractivity contribution in [3.05, 3.63) is 40.9 Å². The highest BCUT2D eigenvalue weighted by Gasteiger charge is 2.06. The summed E-state index contributed by atoms with van der Waals surface area (Å²) in [5.74, 6) is -0.151. The lowest BCUT2D eigenvalue weighted by atomic mass is 10.2. The van der Waals surface area contributed by atoms with Gasteiger partial charge in [0.15, 0.2) is 0 Å². The number of ether oxygens (including phenoxy) is 1. The van der Waals surface area contributed by atoms with Gasteiger partial charge < -0.3 is 15.8 Å². The molecule has 0 atom stereocenters. The standard InChI is InChI=1S/C13H17BrN2O2/c1-2-3-7-18-8-6-16-13(17)10-4-5-11(14)12(15)9-10/h2,4-5,9H,1,3,6-8,15H2,(H,16,17). The zero-order valence-electron chi connectivity index (χ0n) is 10.1. The van der Waals surface area contributed by atoms with Crippen molar-refractivity contribution in [2.45, 2.75) is 6.42 Å². The summed E-state index contributed by atoms with van der Waals surface area (Å²) in [6, 6.07) is 5.11. The Morgan fingerprint density at radius 1 is 1.50 bits per heavy atom. The molecule has 18 heavy (non-hydrogen) atoms. The predicted molar refractivity (Wildman–Crippen MR) is 76.5 cm³/mol. The van der Waals surface area contributed by atoms with Crippen molar-refractivity contribution >= 4 is 27.5 Å². The Kier molecular flexibility index (Phi) is 6.46. The molecule has 1 aromatic rings. The Balaban J connectivity index is 2.32. The number of nitrogen functional groups attached to an aromatic ring is 1. The van der Waals surface area contributed by atoms with Crippen LogP contribution in [0.4, 0.5) is 5.69 Å². The average Bonchev–Trinajstić information content (AvgIpc) is 2.36. The van der Waals surface area contributed by atoms with E-state index in [1.165, 1.54) is 0 Å². The highest BCUT2D eigenvalue weighted by atomic mass is 79.9. The van der Waals surface area contributed by atoms with Crippen LogP contribution in [0.1, 0.15) is 16.8 Å². The molecule has 1 aromatic carbocycles. The van der Waals surface area contributed by atoms with Crippen molar-refractivity contribution in [1.29, 1.82) is 0 Å². The van der Waals surface area contributed by atoms with Crippen molar-refractivity contribution in [3.63, 3.8) is 0 Å². The molecule has 0 heterocycles. The highest BCUT2D eigenvalue weighted by Crippen LogP contribution is 2.19. The van der Waals surface area contributed by atoms with Crippen molar-refractivity contribution in [3.8, 4) is 0 Å². The van der Waals surface area contributed by atoms with E-state index in [-0.39, 0.29) is 5.91 Å². The van der Waals surface area contributed by atoms with Crippen molar-refractivity contribution < 1.29 is 9.53 Å². The second-order valence-electron chi connectivity index (χ2n) is 3.68. The number of hydrogen-bond acceptors (Lipinski definition) is 3. The van der Waals surface area contributed by atoms with E-state index in [0.717, 1.165) is 10.9 Å². The predicted octanol–water partition coefficient (Wildman–Crippen LogP) is 2.35. The number of carbonyl (C=O) groups is 1. The van der Waals surface area contributed by atoms with E-state index in [1.807, 2.05) is 0 Å². The zero-order chi connectivity index (χ0) is 13.4. The number of nitrogens with one attached hydrogen (secondary N) is 1. The third-order valence-electron chi connectivity index (χ3n) is 2.26. The largest absolute Gasteiger partial charge is 0.398 e. The minimum atomic E-state index is -0.151. The number of benzene rings is 1. The molecule has 4 nitrogen and oxygen atoms in total. The van der Waals surface area contributed by atoms with Gasteiger partial charge in [0.25, 0.3) is 5.91 Å². The van der Waals surface area contributed by atoms with Gasteiger partial charge in [-0.3, -0.25) is 4.79 Å². The number of halogens is 1. The molecule has 1 rings (SSSR count). The maximum atomic E-state index is 11.7. The smallest absolute Gasteiger partial charge is 0.251 e. The van der Waals surface area contributed by atoms with Gasteiger partial charge in [-0.1, -0.05) is 6.08 Å². The summed E-state index contributed by atoms with van der Waals surface area (Å²) in [7, 11) is 0. The zero-order valence-corrected chi connectivity index (χ0v) is 11.7. The molecule has 5 heteroatoms. The molecule has 0 aliphatic carbocycles. The second kappa shape index (κ2) is 7.89. The van der Waals surface area contributed by atoms with E-state index < -0.39 is 0 Å². The molecule has 0 radical (unpaired) electrons. The number of nitrogens with two attached hydrogens (primary N) is 1. The Morgan fingerprint density at radius 3 is 2.94 bits per heavy atom. The molecule has 0 saturated heterocycles. The van der Waals surface area contributed by atoms with Gasteiger partial charge in [0.1, 0.15) is 0 Å². The molecule has 0 fully saturated rings. The number of anilines is 1. The van der Waals surface area contributed by atoms with Crippen LogP contribution in [0.3, 0.4) is 0 Å². The minimum absolute atomic E-state index is 0.151. The quantitative estimate of drug-likeness (QED) is 0.461. The minimum Gasteiger partial charge on any atom is -0.398 e. The number of carbonyl (C=O) groups excluding carboxylic acids is 1. The molecule has 0 unspecified atom stereocenters. The molecule has 0 aliphatic rings. The molecule has 0 bridgehead atoms. The molecular formula is C13H17BrN2O2. The fraction of sp³-hybridized carbons (Fsp3) is 0.308. The summed E-state index contributed by atoms with van der Waals surface area (Å²) in [5, 5.41) is 2.76. The summed E-state index contributed by atoms with van der Waals surface area (Å²) < 4.78 is 6.07. The van der Waals surface area contributed by atoms with Crippen molar-refractivity contribution in [1.82, 2.24) is 5.32 Å². The van der Waals surface area contributed by atoms with Crippen molar-refractivity contribution in [2.75, 3.05) is 25.5 Å². The average molecular weight is 313 g/mol. The molecular weight excluding hydrogens is 296 g/mol. The monoisotopic (exact) mass is 312 g/mol. The van der Waals surface area contributed by atoms with E-state index >= 15 is 0 Å². The molecule has 98 valence electrons. The van der Waals surface area contributed by atoms with E-state index in [0.29, 0.717) is 31.0 Å². The van der Waals surface area contributed by atoms with Gasteiger partial charge in [-0.25, -0.2) is 0 Å². The van der Waals surface area contributed by atoms with Gasteiger partial charge in [-0.15, -0.1) is 6.58 Å². The molecule has 1 amide bonds. The number of amides is 1. The molecule has 0 saturated carbocycles. The van der Waals surface area contributed by atoms with Gasteiger partial charge in [0.2, 0.25) is 0 Å². The maximum absolute atomic E-state index is 11.7.